The smallest absolute Gasteiger partial charge is 0.257 e. The maximum Gasteiger partial charge on any atom is 0.257 e. The highest BCUT2D eigenvalue weighted by Crippen LogP contribution is 2.36. The van der Waals surface area contributed by atoms with Gasteiger partial charge in [0.15, 0.2) is 0 Å². The molecule has 2 aromatic heterocycles. The predicted octanol–water partition coefficient (Wildman–Crippen LogP) is 2.97. The van der Waals surface area contributed by atoms with Gasteiger partial charge >= 0.3 is 0 Å². The molecule has 8 heteroatoms. The van der Waals surface area contributed by atoms with Crippen LogP contribution in [0, 0.1) is 5.82 Å². The maximum absolute atomic E-state index is 13.4. The van der Waals surface area contributed by atoms with Gasteiger partial charge < -0.3 is 10.6 Å². The van der Waals surface area contributed by atoms with Crippen LogP contribution in [0.3, 0.4) is 0 Å². The zero-order valence-corrected chi connectivity index (χ0v) is 15.5. The zero-order chi connectivity index (χ0) is 19.7. The average molecular weight is 380 g/mol. The molecular formula is C20H21FN6O. The number of likely N-dealkylation sites (tertiary alicyclic amines) is 1. The van der Waals surface area contributed by atoms with Gasteiger partial charge in [-0.1, -0.05) is 12.1 Å². The molecule has 1 aromatic carbocycles. The number of amides is 1. The number of piperidine rings is 1. The molecular weight excluding hydrogens is 359 g/mol. The number of rotatable bonds is 3. The number of hydrogen-bond donors (Lipinski definition) is 1. The fourth-order valence-corrected chi connectivity index (χ4v) is 3.67. The Morgan fingerprint density at radius 1 is 1.21 bits per heavy atom. The predicted molar refractivity (Wildman–Crippen MR) is 103 cm³/mol. The SMILES string of the molecule is Cn1cc(C(=O)N2CCCCC2c2nc(N)ncc2-c2ccc(F)cc2)cn1. The van der Waals surface area contributed by atoms with E-state index in [9.17, 15) is 9.18 Å². The van der Waals surface area contributed by atoms with E-state index in [0.717, 1.165) is 30.4 Å². The van der Waals surface area contributed by atoms with E-state index in [4.69, 9.17) is 5.73 Å². The van der Waals surface area contributed by atoms with Crippen LogP contribution < -0.4 is 5.73 Å². The van der Waals surface area contributed by atoms with Crippen LogP contribution in [0.1, 0.15) is 41.4 Å². The molecule has 0 aliphatic carbocycles. The molecule has 1 fully saturated rings. The average Bonchev–Trinajstić information content (AvgIpc) is 3.14. The van der Waals surface area contributed by atoms with E-state index >= 15 is 0 Å². The van der Waals surface area contributed by atoms with Gasteiger partial charge in [0.25, 0.3) is 5.91 Å². The van der Waals surface area contributed by atoms with E-state index in [-0.39, 0.29) is 23.7 Å². The third-order valence-electron chi connectivity index (χ3n) is 5.02. The number of nitrogens with zero attached hydrogens (tertiary/aromatic N) is 5. The molecule has 1 aliphatic heterocycles. The van der Waals surface area contributed by atoms with Crippen molar-refractivity contribution >= 4 is 11.9 Å². The molecule has 0 radical (unpaired) electrons. The molecule has 1 amide bonds. The molecule has 0 spiro atoms. The number of nitrogen functional groups attached to an aromatic ring is 1. The van der Waals surface area contributed by atoms with E-state index in [2.05, 4.69) is 15.1 Å². The monoisotopic (exact) mass is 380 g/mol. The lowest BCUT2D eigenvalue weighted by Gasteiger charge is -2.36. The number of carbonyl (C=O) groups is 1. The molecule has 2 N–H and O–H groups in total. The van der Waals surface area contributed by atoms with Gasteiger partial charge in [-0.25, -0.2) is 14.4 Å². The van der Waals surface area contributed by atoms with Crippen LogP contribution in [0.2, 0.25) is 0 Å². The molecule has 1 aliphatic rings. The lowest BCUT2D eigenvalue weighted by molar-refractivity contribution is 0.0606. The number of nitrogens with two attached hydrogens (primary N) is 1. The minimum Gasteiger partial charge on any atom is -0.368 e. The van der Waals surface area contributed by atoms with Crippen molar-refractivity contribution in [1.29, 1.82) is 0 Å². The fraction of sp³-hybridized carbons (Fsp3) is 0.300. The summed E-state index contributed by atoms with van der Waals surface area (Å²) < 4.78 is 15.0. The summed E-state index contributed by atoms with van der Waals surface area (Å²) in [6, 6.07) is 5.93. The molecule has 7 nitrogen and oxygen atoms in total. The minimum atomic E-state index is -0.312. The van der Waals surface area contributed by atoms with E-state index in [1.165, 1.54) is 12.1 Å². The van der Waals surface area contributed by atoms with Gasteiger partial charge in [-0.15, -0.1) is 0 Å². The number of benzene rings is 1. The van der Waals surface area contributed by atoms with Crippen molar-refractivity contribution < 1.29 is 9.18 Å². The van der Waals surface area contributed by atoms with Crippen molar-refractivity contribution in [2.75, 3.05) is 12.3 Å². The van der Waals surface area contributed by atoms with Crippen molar-refractivity contribution in [2.45, 2.75) is 25.3 Å². The van der Waals surface area contributed by atoms with Crippen molar-refractivity contribution in [3.8, 4) is 11.1 Å². The van der Waals surface area contributed by atoms with Crippen LogP contribution >= 0.6 is 0 Å². The Hall–Kier alpha value is -3.29. The topological polar surface area (TPSA) is 89.9 Å². The lowest BCUT2D eigenvalue weighted by atomic mass is 9.93. The first-order chi connectivity index (χ1) is 13.5. The first kappa shape index (κ1) is 18.1. The van der Waals surface area contributed by atoms with Gasteiger partial charge in [0.2, 0.25) is 5.95 Å². The van der Waals surface area contributed by atoms with Crippen LogP contribution in [0.5, 0.6) is 0 Å². The number of carbonyl (C=O) groups excluding carboxylic acids is 1. The second-order valence-corrected chi connectivity index (χ2v) is 6.95. The zero-order valence-electron chi connectivity index (χ0n) is 15.5. The van der Waals surface area contributed by atoms with Gasteiger partial charge in [0.1, 0.15) is 5.82 Å². The standard InChI is InChI=1S/C20H21FN6O/c1-26-12-14(10-24-26)19(28)27-9-3-2-4-17(27)18-16(11-23-20(22)25-18)13-5-7-15(21)8-6-13/h5-8,10-12,17H,2-4,9H2,1H3,(H2,22,23,25). The Morgan fingerprint density at radius 3 is 2.71 bits per heavy atom. The van der Waals surface area contributed by atoms with Gasteiger partial charge in [0, 0.05) is 31.5 Å². The molecule has 1 unspecified atom stereocenters. The summed E-state index contributed by atoms with van der Waals surface area (Å²) in [7, 11) is 1.78. The highest BCUT2D eigenvalue weighted by Gasteiger charge is 2.32. The molecule has 0 bridgehead atoms. The summed E-state index contributed by atoms with van der Waals surface area (Å²) in [5.41, 5.74) is 8.65. The summed E-state index contributed by atoms with van der Waals surface area (Å²) in [6.45, 7) is 0.630. The summed E-state index contributed by atoms with van der Waals surface area (Å²) >= 11 is 0. The highest BCUT2D eigenvalue weighted by molar-refractivity contribution is 5.94. The number of hydrogen-bond acceptors (Lipinski definition) is 5. The summed E-state index contributed by atoms with van der Waals surface area (Å²) in [5, 5.41) is 4.11. The van der Waals surface area contributed by atoms with E-state index < -0.39 is 0 Å². The van der Waals surface area contributed by atoms with Crippen LogP contribution in [0.25, 0.3) is 11.1 Å². The quantitative estimate of drug-likeness (QED) is 0.754. The van der Waals surface area contributed by atoms with E-state index in [0.29, 0.717) is 17.8 Å². The second kappa shape index (κ2) is 7.38. The lowest BCUT2D eigenvalue weighted by Crippen LogP contribution is -2.39. The van der Waals surface area contributed by atoms with Crippen LogP contribution in [-0.4, -0.2) is 37.1 Å². The second-order valence-electron chi connectivity index (χ2n) is 6.95. The summed E-state index contributed by atoms with van der Waals surface area (Å²) in [4.78, 5) is 23.6. The summed E-state index contributed by atoms with van der Waals surface area (Å²) in [5.74, 6) is -0.243. The van der Waals surface area contributed by atoms with E-state index in [1.807, 2.05) is 4.90 Å². The normalized spacial score (nSPS) is 16.9. The Balaban J connectivity index is 1.76. The molecule has 3 heterocycles. The number of halogens is 1. The molecule has 1 saturated heterocycles. The van der Waals surface area contributed by atoms with Gasteiger partial charge in [-0.2, -0.15) is 5.10 Å². The third-order valence-corrected chi connectivity index (χ3v) is 5.02. The number of anilines is 1. The van der Waals surface area contributed by atoms with Gasteiger partial charge in [0.05, 0.1) is 23.5 Å². The first-order valence-corrected chi connectivity index (χ1v) is 9.21. The van der Waals surface area contributed by atoms with Crippen molar-refractivity contribution in [3.05, 3.63) is 59.9 Å². The molecule has 28 heavy (non-hydrogen) atoms. The summed E-state index contributed by atoms with van der Waals surface area (Å²) in [6.07, 6.45) is 7.61. The van der Waals surface area contributed by atoms with Crippen LogP contribution in [0.15, 0.2) is 42.9 Å². The van der Waals surface area contributed by atoms with Crippen LogP contribution in [-0.2, 0) is 7.05 Å². The molecule has 0 saturated carbocycles. The number of aromatic nitrogens is 4. The Morgan fingerprint density at radius 2 is 2.00 bits per heavy atom. The third kappa shape index (κ3) is 3.45. The Labute approximate surface area is 162 Å². The largest absolute Gasteiger partial charge is 0.368 e. The highest BCUT2D eigenvalue weighted by atomic mass is 19.1. The molecule has 144 valence electrons. The maximum atomic E-state index is 13.4. The van der Waals surface area contributed by atoms with E-state index in [1.54, 1.807) is 42.5 Å². The first-order valence-electron chi connectivity index (χ1n) is 9.21. The van der Waals surface area contributed by atoms with Crippen molar-refractivity contribution in [3.63, 3.8) is 0 Å². The van der Waals surface area contributed by atoms with Crippen molar-refractivity contribution in [1.82, 2.24) is 24.6 Å². The molecule has 4 rings (SSSR count). The molecule has 1 atom stereocenters. The molecule has 3 aromatic rings. The van der Waals surface area contributed by atoms with Gasteiger partial charge in [-0.3, -0.25) is 9.48 Å². The minimum absolute atomic E-state index is 0.0833. The Bertz CT molecular complexity index is 1000. The Kier molecular flexibility index (Phi) is 4.77. The van der Waals surface area contributed by atoms with Crippen LogP contribution in [0.4, 0.5) is 10.3 Å². The number of aryl methyl sites for hydroxylation is 1. The van der Waals surface area contributed by atoms with Gasteiger partial charge in [-0.05, 0) is 37.0 Å². The van der Waals surface area contributed by atoms with Crippen molar-refractivity contribution in [2.24, 2.45) is 7.05 Å². The fourth-order valence-electron chi connectivity index (χ4n) is 3.67.